The van der Waals surface area contributed by atoms with Gasteiger partial charge in [0, 0.05) is 18.8 Å². The maximum Gasteiger partial charge on any atom is 0.303 e. The highest BCUT2D eigenvalue weighted by atomic mass is 16.5. The normalized spacial score (nSPS) is 43.7. The smallest absolute Gasteiger partial charge is 0.303 e. The Bertz CT molecular complexity index is 830. The van der Waals surface area contributed by atoms with E-state index < -0.39 is 35.5 Å². The zero-order chi connectivity index (χ0) is 22.6. The van der Waals surface area contributed by atoms with Gasteiger partial charge in [-0.15, -0.1) is 0 Å². The first-order valence-electron chi connectivity index (χ1n) is 11.7. The van der Waals surface area contributed by atoms with Crippen molar-refractivity contribution < 1.29 is 29.3 Å². The number of fused-ring (bicyclic) bond motifs is 5. The summed E-state index contributed by atoms with van der Waals surface area (Å²) < 4.78 is 10.7. The minimum absolute atomic E-state index is 0.0934. The molecule has 0 saturated heterocycles. The molecule has 2 N–H and O–H groups in total. The van der Waals surface area contributed by atoms with Gasteiger partial charge in [-0.25, -0.2) is 0 Å². The van der Waals surface area contributed by atoms with E-state index in [9.17, 15) is 19.8 Å². The minimum atomic E-state index is -1.57. The Labute approximate surface area is 184 Å². The lowest BCUT2D eigenvalue weighted by Crippen LogP contribution is -2.61. The van der Waals surface area contributed by atoms with Crippen molar-refractivity contribution in [3.8, 4) is 0 Å². The predicted octanol–water partition coefficient (Wildman–Crippen LogP) is 3.31. The van der Waals surface area contributed by atoms with Crippen molar-refractivity contribution in [2.24, 2.45) is 28.6 Å². The van der Waals surface area contributed by atoms with Gasteiger partial charge in [0.25, 0.3) is 0 Å². The number of aliphatic hydroxyl groups excluding tert-OH is 1. The molecule has 6 nitrogen and oxygen atoms in total. The number of allylic oxidation sites excluding steroid dienone is 4. The molecule has 172 valence electrons. The second kappa shape index (κ2) is 7.73. The fourth-order valence-electron chi connectivity index (χ4n) is 7.48. The molecule has 4 aliphatic rings. The predicted molar refractivity (Wildman–Crippen MR) is 115 cm³/mol. The van der Waals surface area contributed by atoms with E-state index in [-0.39, 0.29) is 23.2 Å². The largest absolute Gasteiger partial charge is 0.498 e. The van der Waals surface area contributed by atoms with Gasteiger partial charge in [-0.3, -0.25) is 9.59 Å². The number of aliphatic hydroxyl groups is 2. The number of hydrogen-bond donors (Lipinski definition) is 2. The zero-order valence-corrected chi connectivity index (χ0v) is 19.1. The number of Topliss-reactive ketones (excluding diaryl/α,β-unsaturated/α-hetero) is 1. The van der Waals surface area contributed by atoms with Gasteiger partial charge in [-0.1, -0.05) is 19.9 Å². The number of esters is 1. The van der Waals surface area contributed by atoms with E-state index in [0.29, 0.717) is 19.4 Å². The number of ketones is 1. The van der Waals surface area contributed by atoms with Crippen LogP contribution in [-0.4, -0.2) is 46.9 Å². The van der Waals surface area contributed by atoms with Gasteiger partial charge < -0.3 is 19.7 Å². The number of carbonyl (C=O) groups excluding carboxylic acids is 2. The minimum Gasteiger partial charge on any atom is -0.498 e. The Morgan fingerprint density at radius 3 is 2.68 bits per heavy atom. The molecule has 4 rings (SSSR count). The Balaban J connectivity index is 1.65. The number of hydrogen-bond acceptors (Lipinski definition) is 6. The first-order chi connectivity index (χ1) is 14.6. The zero-order valence-electron chi connectivity index (χ0n) is 19.1. The molecule has 31 heavy (non-hydrogen) atoms. The summed E-state index contributed by atoms with van der Waals surface area (Å²) in [6, 6.07) is 0. The van der Waals surface area contributed by atoms with Gasteiger partial charge >= 0.3 is 5.97 Å². The Morgan fingerprint density at radius 2 is 2.00 bits per heavy atom. The van der Waals surface area contributed by atoms with E-state index in [2.05, 4.69) is 19.1 Å². The Kier molecular flexibility index (Phi) is 5.62. The molecule has 0 aliphatic heterocycles. The third-order valence-corrected chi connectivity index (χ3v) is 9.02. The van der Waals surface area contributed by atoms with Crippen molar-refractivity contribution in [3.05, 3.63) is 23.5 Å². The van der Waals surface area contributed by atoms with Crippen molar-refractivity contribution in [3.63, 3.8) is 0 Å². The SMILES string of the molecule is CCOC1=CC2=CC[C@@H]3[C@H]([C@H](O)C[C@]4(C)[C@H]3CC[C@]4(O)C(=O)COC(C)=O)[C@@]2(C)CC1. The van der Waals surface area contributed by atoms with Crippen molar-refractivity contribution in [2.75, 3.05) is 13.2 Å². The molecule has 4 aliphatic carbocycles. The van der Waals surface area contributed by atoms with Gasteiger partial charge in [0.2, 0.25) is 5.78 Å². The van der Waals surface area contributed by atoms with Crippen LogP contribution >= 0.6 is 0 Å². The van der Waals surface area contributed by atoms with Crippen molar-refractivity contribution >= 4 is 11.8 Å². The topological polar surface area (TPSA) is 93.1 Å². The molecule has 2 saturated carbocycles. The van der Waals surface area contributed by atoms with Crippen molar-refractivity contribution in [1.82, 2.24) is 0 Å². The van der Waals surface area contributed by atoms with Gasteiger partial charge in [-0.05, 0) is 73.8 Å². The van der Waals surface area contributed by atoms with Crippen LogP contribution in [0.15, 0.2) is 23.5 Å². The van der Waals surface area contributed by atoms with Crippen molar-refractivity contribution in [1.29, 1.82) is 0 Å². The highest BCUT2D eigenvalue weighted by Gasteiger charge is 2.68. The number of ether oxygens (including phenoxy) is 2. The fourth-order valence-corrected chi connectivity index (χ4v) is 7.48. The maximum absolute atomic E-state index is 12.9. The lowest BCUT2D eigenvalue weighted by molar-refractivity contribution is -0.181. The Hall–Kier alpha value is -1.66. The third kappa shape index (κ3) is 3.29. The lowest BCUT2D eigenvalue weighted by Gasteiger charge is -2.59. The summed E-state index contributed by atoms with van der Waals surface area (Å²) in [5.74, 6) is 0.481. The molecule has 6 heteroatoms. The lowest BCUT2D eigenvalue weighted by atomic mass is 9.46. The van der Waals surface area contributed by atoms with E-state index >= 15 is 0 Å². The average molecular weight is 433 g/mol. The van der Waals surface area contributed by atoms with Crippen LogP contribution in [0.4, 0.5) is 0 Å². The standard InChI is InChI=1S/C25H36O6/c1-5-30-17-8-10-23(3)16(12-17)6-7-18-19-9-11-25(29,21(28)14-31-15(2)26)24(19,4)13-20(27)22(18)23/h6,12,18-20,22,27,29H,5,7-11,13-14H2,1-4H3/t18-,19-,20+,22+,23-,24+,25-/m0/s1. The summed E-state index contributed by atoms with van der Waals surface area (Å²) in [6.45, 7) is 7.71. The van der Waals surface area contributed by atoms with Crippen LogP contribution in [0.5, 0.6) is 0 Å². The summed E-state index contributed by atoms with van der Waals surface area (Å²) in [4.78, 5) is 24.1. The van der Waals surface area contributed by atoms with Gasteiger partial charge in [0.1, 0.15) is 5.60 Å². The second-order valence-corrected chi connectivity index (χ2v) is 10.4. The first kappa shape index (κ1) is 22.5. The van der Waals surface area contributed by atoms with Crippen LogP contribution in [-0.2, 0) is 19.1 Å². The van der Waals surface area contributed by atoms with E-state index in [4.69, 9.17) is 9.47 Å². The molecule has 0 amide bonds. The summed E-state index contributed by atoms with van der Waals surface area (Å²) in [7, 11) is 0. The van der Waals surface area contributed by atoms with Crippen LogP contribution < -0.4 is 0 Å². The molecule has 0 aromatic rings. The van der Waals surface area contributed by atoms with Crippen LogP contribution in [0, 0.1) is 28.6 Å². The monoisotopic (exact) mass is 432 g/mol. The highest BCUT2D eigenvalue weighted by Crippen LogP contribution is 2.67. The molecule has 0 aromatic carbocycles. The van der Waals surface area contributed by atoms with Crippen molar-refractivity contribution in [2.45, 2.75) is 77.9 Å². The molecule has 0 radical (unpaired) electrons. The van der Waals surface area contributed by atoms with Gasteiger partial charge in [-0.2, -0.15) is 0 Å². The molecule has 0 bridgehead atoms. The second-order valence-electron chi connectivity index (χ2n) is 10.4. The van der Waals surface area contributed by atoms with Crippen LogP contribution in [0.25, 0.3) is 0 Å². The molecular formula is C25H36O6. The average Bonchev–Trinajstić information content (AvgIpc) is 2.98. The third-order valence-electron chi connectivity index (χ3n) is 9.02. The number of carbonyl (C=O) groups is 2. The quantitative estimate of drug-likeness (QED) is 0.648. The summed E-state index contributed by atoms with van der Waals surface area (Å²) in [5, 5.41) is 23.0. The number of rotatable bonds is 5. The van der Waals surface area contributed by atoms with Gasteiger partial charge in [0.05, 0.1) is 18.5 Å². The summed E-state index contributed by atoms with van der Waals surface area (Å²) in [6.07, 6.45) is 7.95. The first-order valence-corrected chi connectivity index (χ1v) is 11.7. The van der Waals surface area contributed by atoms with Gasteiger partial charge in [0.15, 0.2) is 6.61 Å². The maximum atomic E-state index is 12.9. The summed E-state index contributed by atoms with van der Waals surface area (Å²) >= 11 is 0. The van der Waals surface area contributed by atoms with Crippen LogP contribution in [0.2, 0.25) is 0 Å². The molecule has 2 fully saturated rings. The molecule has 7 atom stereocenters. The molecule has 0 spiro atoms. The Morgan fingerprint density at radius 1 is 1.26 bits per heavy atom. The van der Waals surface area contributed by atoms with E-state index in [1.165, 1.54) is 12.5 Å². The van der Waals surface area contributed by atoms with E-state index in [1.54, 1.807) is 0 Å². The van der Waals surface area contributed by atoms with Crippen LogP contribution in [0.1, 0.15) is 66.2 Å². The fraction of sp³-hybridized carbons (Fsp3) is 0.760. The molecule has 0 aromatic heterocycles. The molecule has 0 heterocycles. The molecular weight excluding hydrogens is 396 g/mol. The van der Waals surface area contributed by atoms with Crippen LogP contribution in [0.3, 0.4) is 0 Å². The highest BCUT2D eigenvalue weighted by molar-refractivity contribution is 5.91. The van der Waals surface area contributed by atoms with E-state index in [0.717, 1.165) is 31.4 Å². The molecule has 0 unspecified atom stereocenters. The van der Waals surface area contributed by atoms with E-state index in [1.807, 2.05) is 13.8 Å². The summed E-state index contributed by atoms with van der Waals surface area (Å²) in [5.41, 5.74) is -1.18.